The van der Waals surface area contributed by atoms with Gasteiger partial charge in [-0.1, -0.05) is 17.7 Å². The number of primary amides is 1. The highest BCUT2D eigenvalue weighted by atomic mass is 35.5. The van der Waals surface area contributed by atoms with E-state index < -0.39 is 41.6 Å². The molecule has 1 aromatic carbocycles. The maximum atomic E-state index is 14.5. The minimum Gasteiger partial charge on any atom is -0.353 e. The van der Waals surface area contributed by atoms with Gasteiger partial charge in [-0.3, -0.25) is 4.79 Å². The normalized spacial score (nSPS) is 32.0. The highest BCUT2D eigenvalue weighted by Gasteiger charge is 2.58. The fourth-order valence-corrected chi connectivity index (χ4v) is 5.70. The molecule has 0 aromatic heterocycles. The molecule has 3 aliphatic rings. The molecule has 2 aliphatic carbocycles. The first-order valence-electron chi connectivity index (χ1n) is 9.86. The summed E-state index contributed by atoms with van der Waals surface area (Å²) in [6, 6.07) is 2.45. The Morgan fingerprint density at radius 1 is 1.28 bits per heavy atom. The summed E-state index contributed by atoms with van der Waals surface area (Å²) >= 11 is 5.99. The van der Waals surface area contributed by atoms with E-state index in [1.807, 2.05) is 0 Å². The second kappa shape index (κ2) is 7.38. The zero-order valence-electron chi connectivity index (χ0n) is 15.7. The average molecular weight is 430 g/mol. The van der Waals surface area contributed by atoms with Crippen molar-refractivity contribution in [2.24, 2.45) is 23.5 Å². The van der Waals surface area contributed by atoms with Crippen LogP contribution < -0.4 is 11.1 Å². The molecule has 4 atom stereocenters. The molecule has 5 nitrogen and oxygen atoms in total. The van der Waals surface area contributed by atoms with Crippen LogP contribution in [0.25, 0.3) is 0 Å². The van der Waals surface area contributed by atoms with Gasteiger partial charge < -0.3 is 16.0 Å². The van der Waals surface area contributed by atoms with Crippen molar-refractivity contribution in [1.82, 2.24) is 10.2 Å². The molecule has 3 unspecified atom stereocenters. The molecule has 158 valence electrons. The second-order valence-electron chi connectivity index (χ2n) is 8.34. The number of nitrogens with two attached hydrogens (primary N) is 1. The number of halogens is 4. The van der Waals surface area contributed by atoms with Gasteiger partial charge in [0.15, 0.2) is 0 Å². The topological polar surface area (TPSA) is 75.4 Å². The standard InChI is InChI=1S/C20H23ClF3N3O2/c21-14-9-10(1-4-15(14)22)16(17-18(28)26-5-6-27(17)19(25)29)11-7-12-2-3-13(8-11)20(12,23)24/h1,4,9,11-13,16-17H,2-3,5-8H2,(H2,25,29)(H,26,28)/t11?,12?,13?,16-,17?/m1/s1. The van der Waals surface area contributed by atoms with Crippen LogP contribution >= 0.6 is 11.6 Å². The maximum absolute atomic E-state index is 14.5. The first kappa shape index (κ1) is 20.3. The SMILES string of the molecule is NC(=O)N1CCNC(=O)C1[C@H](c1ccc(F)c(Cl)c1)C1CC2CCC(C1)C2(F)F. The van der Waals surface area contributed by atoms with Crippen molar-refractivity contribution >= 4 is 23.5 Å². The van der Waals surface area contributed by atoms with E-state index >= 15 is 0 Å². The number of amides is 3. The number of alkyl halides is 2. The van der Waals surface area contributed by atoms with Crippen molar-refractivity contribution in [1.29, 1.82) is 0 Å². The number of hydrogen-bond donors (Lipinski definition) is 2. The zero-order chi connectivity index (χ0) is 20.9. The molecule has 29 heavy (non-hydrogen) atoms. The molecule has 1 aliphatic heterocycles. The molecule has 1 heterocycles. The Balaban J connectivity index is 1.76. The van der Waals surface area contributed by atoms with E-state index in [9.17, 15) is 22.8 Å². The summed E-state index contributed by atoms with van der Waals surface area (Å²) in [5.74, 6) is -6.07. The van der Waals surface area contributed by atoms with E-state index in [0.717, 1.165) is 0 Å². The number of benzene rings is 1. The summed E-state index contributed by atoms with van der Waals surface area (Å²) in [5, 5.41) is 2.63. The summed E-state index contributed by atoms with van der Waals surface area (Å²) in [6.07, 6.45) is 1.36. The molecule has 1 aromatic rings. The van der Waals surface area contributed by atoms with Crippen molar-refractivity contribution in [3.05, 3.63) is 34.6 Å². The largest absolute Gasteiger partial charge is 0.353 e. The number of carbonyl (C=O) groups is 2. The molecule has 0 spiro atoms. The van der Waals surface area contributed by atoms with Gasteiger partial charge in [-0.25, -0.2) is 18.0 Å². The quantitative estimate of drug-likeness (QED) is 0.771. The lowest BCUT2D eigenvalue weighted by Crippen LogP contribution is -2.61. The first-order valence-corrected chi connectivity index (χ1v) is 10.2. The Morgan fingerprint density at radius 3 is 2.52 bits per heavy atom. The minimum atomic E-state index is -2.71. The average Bonchev–Trinajstić information content (AvgIpc) is 2.84. The van der Waals surface area contributed by atoms with Crippen molar-refractivity contribution in [3.8, 4) is 0 Å². The monoisotopic (exact) mass is 429 g/mol. The molecule has 3 N–H and O–H groups in total. The van der Waals surface area contributed by atoms with Crippen LogP contribution in [0.15, 0.2) is 18.2 Å². The predicted molar refractivity (Wildman–Crippen MR) is 101 cm³/mol. The van der Waals surface area contributed by atoms with E-state index in [1.165, 1.54) is 23.1 Å². The fourth-order valence-electron chi connectivity index (χ4n) is 5.51. The number of carbonyl (C=O) groups excluding carboxylic acids is 2. The summed E-state index contributed by atoms with van der Waals surface area (Å²) < 4.78 is 42.8. The Bertz CT molecular complexity index is 821. The Labute approximate surface area is 171 Å². The number of nitrogens with one attached hydrogen (secondary N) is 1. The van der Waals surface area contributed by atoms with E-state index in [4.69, 9.17) is 17.3 Å². The van der Waals surface area contributed by atoms with Gasteiger partial charge in [0.25, 0.3) is 5.92 Å². The van der Waals surface area contributed by atoms with Crippen LogP contribution in [0.2, 0.25) is 5.02 Å². The van der Waals surface area contributed by atoms with Crippen LogP contribution in [-0.4, -0.2) is 41.9 Å². The van der Waals surface area contributed by atoms with Gasteiger partial charge >= 0.3 is 6.03 Å². The maximum Gasteiger partial charge on any atom is 0.315 e. The highest BCUT2D eigenvalue weighted by Crippen LogP contribution is 2.57. The van der Waals surface area contributed by atoms with Gasteiger partial charge in [-0.15, -0.1) is 0 Å². The van der Waals surface area contributed by atoms with E-state index in [-0.39, 0.29) is 42.8 Å². The van der Waals surface area contributed by atoms with Crippen molar-refractivity contribution in [2.75, 3.05) is 13.1 Å². The summed E-state index contributed by atoms with van der Waals surface area (Å²) in [4.78, 5) is 26.2. The van der Waals surface area contributed by atoms with Gasteiger partial charge in [0.05, 0.1) is 5.02 Å². The zero-order valence-corrected chi connectivity index (χ0v) is 16.5. The van der Waals surface area contributed by atoms with Crippen LogP contribution in [0.3, 0.4) is 0 Å². The molecule has 4 rings (SSSR count). The molecule has 9 heteroatoms. The smallest absolute Gasteiger partial charge is 0.315 e. The number of rotatable bonds is 3. The van der Waals surface area contributed by atoms with E-state index in [2.05, 4.69) is 5.32 Å². The van der Waals surface area contributed by atoms with Crippen LogP contribution in [-0.2, 0) is 4.79 Å². The third kappa shape index (κ3) is 3.45. The molecule has 1 saturated heterocycles. The highest BCUT2D eigenvalue weighted by molar-refractivity contribution is 6.30. The number of piperazine rings is 1. The van der Waals surface area contributed by atoms with Gasteiger partial charge in [0, 0.05) is 30.8 Å². The van der Waals surface area contributed by atoms with Crippen LogP contribution in [0.5, 0.6) is 0 Å². The van der Waals surface area contributed by atoms with Crippen LogP contribution in [0.1, 0.15) is 37.2 Å². The molecule has 2 saturated carbocycles. The third-order valence-electron chi connectivity index (χ3n) is 6.84. The van der Waals surface area contributed by atoms with Gasteiger partial charge in [0.1, 0.15) is 11.9 Å². The van der Waals surface area contributed by atoms with Crippen molar-refractivity contribution < 1.29 is 22.8 Å². The predicted octanol–water partition coefficient (Wildman–Crippen LogP) is 3.51. The summed E-state index contributed by atoms with van der Waals surface area (Å²) in [6.45, 7) is 0.496. The first-order chi connectivity index (χ1) is 13.7. The lowest BCUT2D eigenvalue weighted by atomic mass is 9.68. The minimum absolute atomic E-state index is 0.113. The number of fused-ring (bicyclic) bond motifs is 2. The number of nitrogens with zero attached hydrogens (tertiary/aromatic N) is 1. The number of hydrogen-bond acceptors (Lipinski definition) is 2. The summed E-state index contributed by atoms with van der Waals surface area (Å²) in [7, 11) is 0. The number of urea groups is 1. The summed E-state index contributed by atoms with van der Waals surface area (Å²) in [5.41, 5.74) is 6.09. The third-order valence-corrected chi connectivity index (χ3v) is 7.13. The lowest BCUT2D eigenvalue weighted by Gasteiger charge is -2.45. The van der Waals surface area contributed by atoms with Crippen LogP contribution in [0.4, 0.5) is 18.0 Å². The lowest BCUT2D eigenvalue weighted by molar-refractivity contribution is -0.132. The van der Waals surface area contributed by atoms with Crippen molar-refractivity contribution in [3.63, 3.8) is 0 Å². The van der Waals surface area contributed by atoms with Gasteiger partial charge in [-0.2, -0.15) is 0 Å². The Morgan fingerprint density at radius 2 is 1.93 bits per heavy atom. The Kier molecular flexibility index (Phi) is 5.17. The van der Waals surface area contributed by atoms with E-state index in [1.54, 1.807) is 0 Å². The molecule has 3 fully saturated rings. The van der Waals surface area contributed by atoms with Crippen LogP contribution in [0, 0.1) is 23.6 Å². The fraction of sp³-hybridized carbons (Fsp3) is 0.600. The Hall–Kier alpha value is -1.96. The van der Waals surface area contributed by atoms with Gasteiger partial charge in [-0.05, 0) is 49.3 Å². The van der Waals surface area contributed by atoms with Gasteiger partial charge in [0.2, 0.25) is 5.91 Å². The van der Waals surface area contributed by atoms with E-state index in [0.29, 0.717) is 18.4 Å². The molecule has 2 bridgehead atoms. The second-order valence-corrected chi connectivity index (χ2v) is 8.75. The molecule has 0 radical (unpaired) electrons. The molecular weight excluding hydrogens is 407 g/mol. The molecular formula is C20H23ClF3N3O2. The molecule has 3 amide bonds. The van der Waals surface area contributed by atoms with Crippen molar-refractivity contribution in [2.45, 2.75) is 43.6 Å².